The molecule has 0 saturated carbocycles. The van der Waals surface area contributed by atoms with E-state index in [0.717, 1.165) is 19.3 Å². The number of ether oxygens (including phenoxy) is 1. The lowest BCUT2D eigenvalue weighted by molar-refractivity contribution is -0.0888. The van der Waals surface area contributed by atoms with Crippen molar-refractivity contribution in [2.24, 2.45) is 11.3 Å². The minimum absolute atomic E-state index is 0.100. The lowest BCUT2D eigenvalue weighted by Crippen LogP contribution is -2.36. The van der Waals surface area contributed by atoms with Gasteiger partial charge in [-0.05, 0) is 52.4 Å². The Hall–Kier alpha value is -0.0800. The largest absolute Gasteiger partial charge is 0.393 e. The first kappa shape index (κ1) is 15.0. The minimum Gasteiger partial charge on any atom is -0.393 e. The average molecular weight is 242 g/mol. The summed E-state index contributed by atoms with van der Waals surface area (Å²) in [6.45, 7) is 15.1. The Morgan fingerprint density at radius 2 is 1.76 bits per heavy atom. The minimum atomic E-state index is -0.244. The lowest BCUT2D eigenvalue weighted by atomic mass is 9.79. The van der Waals surface area contributed by atoms with Crippen molar-refractivity contribution in [1.29, 1.82) is 0 Å². The zero-order valence-corrected chi connectivity index (χ0v) is 12.6. The molecule has 0 bridgehead atoms. The van der Waals surface area contributed by atoms with Crippen molar-refractivity contribution in [2.75, 3.05) is 0 Å². The zero-order chi connectivity index (χ0) is 13.5. The summed E-state index contributed by atoms with van der Waals surface area (Å²) >= 11 is 0. The second-order valence-corrected chi connectivity index (χ2v) is 7.94. The first-order valence-electron chi connectivity index (χ1n) is 6.81. The summed E-state index contributed by atoms with van der Waals surface area (Å²) in [5, 5.41) is 10.4. The maximum Gasteiger partial charge on any atom is 0.0687 e. The molecular weight excluding hydrogens is 212 g/mol. The molecule has 0 spiro atoms. The average Bonchev–Trinajstić information content (AvgIpc) is 2.29. The quantitative estimate of drug-likeness (QED) is 0.816. The summed E-state index contributed by atoms with van der Waals surface area (Å²) in [4.78, 5) is 0. The number of aliphatic hydroxyl groups excluding tert-OH is 1. The molecule has 2 unspecified atom stereocenters. The first-order valence-corrected chi connectivity index (χ1v) is 6.81. The predicted molar refractivity (Wildman–Crippen MR) is 72.0 cm³/mol. The molecule has 2 heteroatoms. The molecule has 1 N–H and O–H groups in total. The maximum absolute atomic E-state index is 10.4. The molecular formula is C15H30O2. The topological polar surface area (TPSA) is 29.5 Å². The van der Waals surface area contributed by atoms with Crippen molar-refractivity contribution in [3.63, 3.8) is 0 Å². The molecule has 17 heavy (non-hydrogen) atoms. The van der Waals surface area contributed by atoms with Crippen LogP contribution in [0.15, 0.2) is 0 Å². The van der Waals surface area contributed by atoms with Gasteiger partial charge in [-0.15, -0.1) is 0 Å². The van der Waals surface area contributed by atoms with Crippen LogP contribution >= 0.6 is 0 Å². The molecule has 1 aliphatic rings. The molecule has 1 heterocycles. The van der Waals surface area contributed by atoms with Gasteiger partial charge in [-0.2, -0.15) is 0 Å². The van der Waals surface area contributed by atoms with E-state index in [9.17, 15) is 5.11 Å². The van der Waals surface area contributed by atoms with Crippen LogP contribution in [0, 0.1) is 11.3 Å². The van der Waals surface area contributed by atoms with Crippen LogP contribution < -0.4 is 0 Å². The van der Waals surface area contributed by atoms with Gasteiger partial charge in [0.25, 0.3) is 0 Å². The van der Waals surface area contributed by atoms with Crippen molar-refractivity contribution < 1.29 is 9.84 Å². The maximum atomic E-state index is 10.4. The van der Waals surface area contributed by atoms with Crippen LogP contribution in [0.1, 0.15) is 67.7 Å². The van der Waals surface area contributed by atoms with Gasteiger partial charge < -0.3 is 9.84 Å². The van der Waals surface area contributed by atoms with Crippen molar-refractivity contribution >= 4 is 0 Å². The van der Waals surface area contributed by atoms with E-state index < -0.39 is 0 Å². The van der Waals surface area contributed by atoms with E-state index in [0.29, 0.717) is 5.41 Å². The Bertz CT molecular complexity index is 261. The van der Waals surface area contributed by atoms with E-state index >= 15 is 0 Å². The van der Waals surface area contributed by atoms with Crippen molar-refractivity contribution in [2.45, 2.75) is 85.0 Å². The summed E-state index contributed by atoms with van der Waals surface area (Å²) in [5.74, 6) is 0.250. The van der Waals surface area contributed by atoms with Gasteiger partial charge in [-0.3, -0.25) is 0 Å². The molecule has 1 rings (SSSR count). The fraction of sp³-hybridized carbons (Fsp3) is 1.00. The van der Waals surface area contributed by atoms with Crippen molar-refractivity contribution in [3.05, 3.63) is 0 Å². The highest BCUT2D eigenvalue weighted by Crippen LogP contribution is 2.44. The zero-order valence-electron chi connectivity index (χ0n) is 12.6. The highest BCUT2D eigenvalue weighted by molar-refractivity contribution is 4.97. The Morgan fingerprint density at radius 3 is 2.12 bits per heavy atom. The highest BCUT2D eigenvalue weighted by Gasteiger charge is 2.48. The molecule has 0 aromatic rings. The van der Waals surface area contributed by atoms with Crippen LogP contribution in [0.25, 0.3) is 0 Å². The van der Waals surface area contributed by atoms with Crippen LogP contribution in [-0.2, 0) is 4.74 Å². The van der Waals surface area contributed by atoms with Gasteiger partial charge in [-0.25, -0.2) is 0 Å². The van der Waals surface area contributed by atoms with Gasteiger partial charge in [0.2, 0.25) is 0 Å². The number of rotatable bonds is 3. The lowest BCUT2D eigenvalue weighted by Gasteiger charge is -2.31. The molecule has 1 saturated heterocycles. The Labute approximate surface area is 107 Å². The van der Waals surface area contributed by atoms with E-state index in [1.807, 2.05) is 0 Å². The van der Waals surface area contributed by atoms with Gasteiger partial charge in [0, 0.05) is 5.92 Å². The number of hydrogen-bond donors (Lipinski definition) is 1. The summed E-state index contributed by atoms with van der Waals surface area (Å²) in [6, 6.07) is 0. The van der Waals surface area contributed by atoms with Gasteiger partial charge >= 0.3 is 0 Å². The normalized spacial score (nSPS) is 29.3. The molecule has 102 valence electrons. The molecule has 2 atom stereocenters. The van der Waals surface area contributed by atoms with Crippen LogP contribution in [0.5, 0.6) is 0 Å². The fourth-order valence-corrected chi connectivity index (χ4v) is 2.99. The number of hydrogen-bond acceptors (Lipinski definition) is 2. The van der Waals surface area contributed by atoms with Gasteiger partial charge in [0.05, 0.1) is 17.3 Å². The number of aliphatic hydroxyl groups is 1. The van der Waals surface area contributed by atoms with Crippen molar-refractivity contribution in [1.82, 2.24) is 0 Å². The van der Waals surface area contributed by atoms with E-state index in [4.69, 9.17) is 4.74 Å². The predicted octanol–water partition coefficient (Wildman–Crippen LogP) is 3.77. The summed E-state index contributed by atoms with van der Waals surface area (Å²) in [5.41, 5.74) is -0.0161. The van der Waals surface area contributed by atoms with Gasteiger partial charge in [0.15, 0.2) is 0 Å². The Morgan fingerprint density at radius 1 is 1.24 bits per heavy atom. The smallest absolute Gasteiger partial charge is 0.0687 e. The highest BCUT2D eigenvalue weighted by atomic mass is 16.5. The third-order valence-corrected chi connectivity index (χ3v) is 3.80. The Kier molecular flexibility index (Phi) is 4.01. The van der Waals surface area contributed by atoms with Crippen molar-refractivity contribution in [3.8, 4) is 0 Å². The van der Waals surface area contributed by atoms with Gasteiger partial charge in [-0.1, -0.05) is 20.8 Å². The van der Waals surface area contributed by atoms with E-state index in [1.165, 1.54) is 0 Å². The third kappa shape index (κ3) is 4.26. The summed E-state index contributed by atoms with van der Waals surface area (Å²) in [7, 11) is 0. The molecule has 0 amide bonds. The Balaban J connectivity index is 2.61. The summed E-state index contributed by atoms with van der Waals surface area (Å²) < 4.78 is 6.04. The molecule has 1 fully saturated rings. The molecule has 1 aliphatic heterocycles. The SMILES string of the molecule is CC(C)(C)CCC(O)C1CC(C)(C)OC1(C)C. The molecule has 0 radical (unpaired) electrons. The molecule has 0 aliphatic carbocycles. The standard InChI is InChI=1S/C15H30O2/c1-13(2,3)9-8-12(16)11-10-14(4,5)17-15(11,6)7/h11-12,16H,8-10H2,1-7H3. The second-order valence-electron chi connectivity index (χ2n) is 7.94. The molecule has 0 aromatic carbocycles. The fourth-order valence-electron chi connectivity index (χ4n) is 2.99. The molecule has 2 nitrogen and oxygen atoms in total. The second kappa shape index (κ2) is 4.55. The van der Waals surface area contributed by atoms with Crippen LogP contribution in [-0.4, -0.2) is 22.4 Å². The van der Waals surface area contributed by atoms with E-state index in [-0.39, 0.29) is 23.2 Å². The molecule has 0 aromatic heterocycles. The summed E-state index contributed by atoms with van der Waals surface area (Å²) in [6.07, 6.45) is 2.63. The van der Waals surface area contributed by atoms with Crippen LogP contribution in [0.3, 0.4) is 0 Å². The van der Waals surface area contributed by atoms with Crippen LogP contribution in [0.2, 0.25) is 0 Å². The van der Waals surface area contributed by atoms with Gasteiger partial charge in [0.1, 0.15) is 0 Å². The van der Waals surface area contributed by atoms with E-state index in [1.54, 1.807) is 0 Å². The monoisotopic (exact) mass is 242 g/mol. The third-order valence-electron chi connectivity index (χ3n) is 3.80. The van der Waals surface area contributed by atoms with Crippen LogP contribution in [0.4, 0.5) is 0 Å². The first-order chi connectivity index (χ1) is 7.43. The van der Waals surface area contributed by atoms with E-state index in [2.05, 4.69) is 48.5 Å².